The van der Waals surface area contributed by atoms with Crippen LogP contribution in [0, 0.1) is 5.82 Å². The highest BCUT2D eigenvalue weighted by atomic mass is 19.1. The lowest BCUT2D eigenvalue weighted by Crippen LogP contribution is -1.84. The topological polar surface area (TPSA) is 37.9 Å². The summed E-state index contributed by atoms with van der Waals surface area (Å²) in [4.78, 5) is 7.69. The van der Waals surface area contributed by atoms with Crippen molar-refractivity contribution in [2.24, 2.45) is 0 Å². The second-order valence-electron chi connectivity index (χ2n) is 5.56. The molecule has 0 aliphatic carbocycles. The molecule has 0 aliphatic heterocycles. The number of pyridine rings is 1. The number of H-pyrrole nitrogens is 1. The molecule has 4 heteroatoms. The summed E-state index contributed by atoms with van der Waals surface area (Å²) in [6.07, 6.45) is 3.75. The Kier molecular flexibility index (Phi) is 3.50. The number of ether oxygens (including phenoxy) is 1. The molecule has 0 atom stereocenters. The van der Waals surface area contributed by atoms with Gasteiger partial charge in [0, 0.05) is 28.9 Å². The molecule has 2 heterocycles. The van der Waals surface area contributed by atoms with Gasteiger partial charge in [0.1, 0.15) is 17.2 Å². The molecule has 0 bridgehead atoms. The Labute approximate surface area is 138 Å². The maximum absolute atomic E-state index is 13.1. The minimum Gasteiger partial charge on any atom is -0.497 e. The maximum atomic E-state index is 13.1. The van der Waals surface area contributed by atoms with E-state index in [0.29, 0.717) is 0 Å². The molecule has 0 aliphatic rings. The molecule has 118 valence electrons. The van der Waals surface area contributed by atoms with Crippen molar-refractivity contribution in [1.29, 1.82) is 0 Å². The fourth-order valence-electron chi connectivity index (χ4n) is 2.81. The van der Waals surface area contributed by atoms with E-state index in [4.69, 9.17) is 4.74 Å². The summed E-state index contributed by atoms with van der Waals surface area (Å²) >= 11 is 0. The zero-order valence-electron chi connectivity index (χ0n) is 13.1. The van der Waals surface area contributed by atoms with Crippen LogP contribution in [0.15, 0.2) is 67.0 Å². The predicted octanol–water partition coefficient (Wildman–Crippen LogP) is 5.04. The second kappa shape index (κ2) is 5.81. The van der Waals surface area contributed by atoms with Crippen LogP contribution in [0.4, 0.5) is 4.39 Å². The van der Waals surface area contributed by atoms with E-state index in [9.17, 15) is 4.39 Å². The maximum Gasteiger partial charge on any atom is 0.137 e. The lowest BCUT2D eigenvalue weighted by molar-refractivity contribution is 0.415. The van der Waals surface area contributed by atoms with Crippen LogP contribution in [0.3, 0.4) is 0 Å². The first kappa shape index (κ1) is 14.5. The van der Waals surface area contributed by atoms with Gasteiger partial charge in [-0.1, -0.05) is 24.3 Å². The first-order valence-corrected chi connectivity index (χ1v) is 7.62. The van der Waals surface area contributed by atoms with Gasteiger partial charge in [-0.15, -0.1) is 0 Å². The van der Waals surface area contributed by atoms with E-state index in [1.807, 2.05) is 30.5 Å². The van der Waals surface area contributed by atoms with Gasteiger partial charge in [-0.3, -0.25) is 0 Å². The van der Waals surface area contributed by atoms with Crippen LogP contribution in [0.1, 0.15) is 0 Å². The van der Waals surface area contributed by atoms with Crippen molar-refractivity contribution in [2.75, 3.05) is 7.11 Å². The van der Waals surface area contributed by atoms with Gasteiger partial charge in [-0.2, -0.15) is 0 Å². The molecule has 0 spiro atoms. The third-order valence-corrected chi connectivity index (χ3v) is 4.11. The summed E-state index contributed by atoms with van der Waals surface area (Å²) < 4.78 is 18.3. The molecule has 0 amide bonds. The minimum absolute atomic E-state index is 0.242. The quantitative estimate of drug-likeness (QED) is 0.574. The number of halogens is 1. The number of benzene rings is 2. The second-order valence-corrected chi connectivity index (χ2v) is 5.56. The van der Waals surface area contributed by atoms with Crippen LogP contribution >= 0.6 is 0 Å². The Hall–Kier alpha value is -3.14. The fourth-order valence-corrected chi connectivity index (χ4v) is 2.81. The van der Waals surface area contributed by atoms with Crippen LogP contribution in [0.2, 0.25) is 0 Å². The van der Waals surface area contributed by atoms with Crippen LogP contribution in [-0.2, 0) is 0 Å². The van der Waals surface area contributed by atoms with E-state index in [1.165, 1.54) is 12.1 Å². The highest BCUT2D eigenvalue weighted by Crippen LogP contribution is 2.31. The largest absolute Gasteiger partial charge is 0.497 e. The summed E-state index contributed by atoms with van der Waals surface area (Å²) in [5.41, 5.74) is 4.88. The van der Waals surface area contributed by atoms with Crippen molar-refractivity contribution in [2.45, 2.75) is 0 Å². The molecule has 24 heavy (non-hydrogen) atoms. The molecule has 3 nitrogen and oxygen atoms in total. The van der Waals surface area contributed by atoms with Gasteiger partial charge in [0.25, 0.3) is 0 Å². The van der Waals surface area contributed by atoms with Gasteiger partial charge in [-0.25, -0.2) is 9.37 Å². The van der Waals surface area contributed by atoms with Crippen molar-refractivity contribution in [1.82, 2.24) is 9.97 Å². The van der Waals surface area contributed by atoms with Crippen LogP contribution < -0.4 is 4.74 Å². The van der Waals surface area contributed by atoms with E-state index in [1.54, 1.807) is 25.4 Å². The Morgan fingerprint density at radius 1 is 0.917 bits per heavy atom. The summed E-state index contributed by atoms with van der Waals surface area (Å²) in [5.74, 6) is 0.581. The summed E-state index contributed by atoms with van der Waals surface area (Å²) in [6.45, 7) is 0. The monoisotopic (exact) mass is 318 g/mol. The first-order chi connectivity index (χ1) is 11.7. The van der Waals surface area contributed by atoms with Crippen molar-refractivity contribution in [3.8, 4) is 28.0 Å². The van der Waals surface area contributed by atoms with Gasteiger partial charge in [0.05, 0.1) is 7.11 Å². The molecule has 4 aromatic rings. The smallest absolute Gasteiger partial charge is 0.137 e. The number of aromatic amines is 1. The lowest BCUT2D eigenvalue weighted by Gasteiger charge is -2.04. The van der Waals surface area contributed by atoms with E-state index in [-0.39, 0.29) is 5.82 Å². The van der Waals surface area contributed by atoms with Crippen molar-refractivity contribution < 1.29 is 9.13 Å². The van der Waals surface area contributed by atoms with Crippen molar-refractivity contribution in [3.05, 3.63) is 72.8 Å². The lowest BCUT2D eigenvalue weighted by atomic mass is 10.0. The minimum atomic E-state index is -0.242. The van der Waals surface area contributed by atoms with Gasteiger partial charge in [0.2, 0.25) is 0 Å². The number of hydrogen-bond acceptors (Lipinski definition) is 2. The molecular weight excluding hydrogens is 303 g/mol. The Morgan fingerprint density at radius 3 is 2.33 bits per heavy atom. The zero-order valence-corrected chi connectivity index (χ0v) is 13.1. The first-order valence-electron chi connectivity index (χ1n) is 7.62. The average Bonchev–Trinajstić information content (AvgIpc) is 3.05. The van der Waals surface area contributed by atoms with Gasteiger partial charge in [-0.05, 0) is 41.5 Å². The molecule has 1 N–H and O–H groups in total. The summed E-state index contributed by atoms with van der Waals surface area (Å²) in [7, 11) is 1.65. The van der Waals surface area contributed by atoms with Crippen molar-refractivity contribution >= 4 is 11.0 Å². The Balaban J connectivity index is 1.82. The van der Waals surface area contributed by atoms with E-state index < -0.39 is 0 Å². The molecule has 2 aromatic heterocycles. The molecular formula is C20H15FN2O. The van der Waals surface area contributed by atoms with Gasteiger partial charge < -0.3 is 9.72 Å². The highest BCUT2D eigenvalue weighted by Gasteiger charge is 2.09. The number of rotatable bonds is 3. The average molecular weight is 318 g/mol. The van der Waals surface area contributed by atoms with Crippen molar-refractivity contribution in [3.63, 3.8) is 0 Å². The van der Waals surface area contributed by atoms with E-state index in [2.05, 4.69) is 16.0 Å². The fraction of sp³-hybridized carbons (Fsp3) is 0.0500. The molecule has 0 fully saturated rings. The van der Waals surface area contributed by atoms with Gasteiger partial charge >= 0.3 is 0 Å². The highest BCUT2D eigenvalue weighted by molar-refractivity contribution is 5.95. The van der Waals surface area contributed by atoms with Crippen LogP contribution in [0.25, 0.3) is 33.3 Å². The molecule has 0 unspecified atom stereocenters. The standard InChI is InChI=1S/C20H15FN2O/c1-24-17-8-4-14(5-9-17)19-12-23-20-18(19)10-15(11-22-20)13-2-6-16(21)7-3-13/h2-12H,1H3,(H,22,23). The normalized spacial score (nSPS) is 10.9. The molecule has 0 saturated carbocycles. The Morgan fingerprint density at radius 2 is 1.62 bits per heavy atom. The summed E-state index contributed by atoms with van der Waals surface area (Å²) in [6, 6.07) is 16.4. The number of hydrogen-bond donors (Lipinski definition) is 1. The zero-order chi connectivity index (χ0) is 16.5. The molecule has 4 rings (SSSR count). The molecule has 0 saturated heterocycles. The number of fused-ring (bicyclic) bond motifs is 1. The predicted molar refractivity (Wildman–Crippen MR) is 93.5 cm³/mol. The van der Waals surface area contributed by atoms with Crippen LogP contribution in [0.5, 0.6) is 5.75 Å². The Bertz CT molecular complexity index is 989. The van der Waals surface area contributed by atoms with E-state index >= 15 is 0 Å². The number of nitrogens with zero attached hydrogens (tertiary/aromatic N) is 1. The third-order valence-electron chi connectivity index (χ3n) is 4.11. The van der Waals surface area contributed by atoms with Gasteiger partial charge in [0.15, 0.2) is 0 Å². The SMILES string of the molecule is COc1ccc(-c2c[nH]c3ncc(-c4ccc(F)cc4)cc23)cc1. The number of methoxy groups -OCH3 is 1. The third kappa shape index (κ3) is 2.52. The number of nitrogens with one attached hydrogen (secondary N) is 1. The molecule has 2 aromatic carbocycles. The summed E-state index contributed by atoms with van der Waals surface area (Å²) in [5, 5.41) is 1.03. The number of aromatic nitrogens is 2. The van der Waals surface area contributed by atoms with Crippen LogP contribution in [-0.4, -0.2) is 17.1 Å². The van der Waals surface area contributed by atoms with E-state index in [0.717, 1.165) is 39.0 Å². The molecule has 0 radical (unpaired) electrons.